The average Bonchev–Trinajstić information content (AvgIpc) is 3.27. The highest BCUT2D eigenvalue weighted by Crippen LogP contribution is 2.35. The number of nitrogens with two attached hydrogens (primary N) is 1. The van der Waals surface area contributed by atoms with Crippen molar-refractivity contribution in [3.63, 3.8) is 0 Å². The second-order valence-electron chi connectivity index (χ2n) is 6.09. The van der Waals surface area contributed by atoms with Crippen molar-refractivity contribution in [3.8, 4) is 21.7 Å². The maximum Gasteiger partial charge on any atom is 0.321 e. The van der Waals surface area contributed by atoms with Gasteiger partial charge in [-0.25, -0.2) is 24.7 Å². The van der Waals surface area contributed by atoms with E-state index >= 15 is 0 Å². The molecule has 5 N–H and O–H groups in total. The van der Waals surface area contributed by atoms with Gasteiger partial charge in [-0.3, -0.25) is 5.32 Å². The number of nitrogens with one attached hydrogen (secondary N) is 3. The van der Waals surface area contributed by atoms with E-state index in [0.717, 1.165) is 32.1 Å². The molecule has 0 aliphatic carbocycles. The zero-order valence-electron chi connectivity index (χ0n) is 15.3. The Hall–Kier alpha value is -3.53. The molecule has 0 bridgehead atoms. The highest BCUT2D eigenvalue weighted by Gasteiger charge is 2.16. The summed E-state index contributed by atoms with van der Waals surface area (Å²) in [4.78, 5) is 33.3. The number of imidazole rings is 1. The van der Waals surface area contributed by atoms with Crippen LogP contribution in [0.3, 0.4) is 0 Å². The largest absolute Gasteiger partial charge is 0.368 e. The van der Waals surface area contributed by atoms with E-state index in [9.17, 15) is 4.79 Å². The average molecular weight is 394 g/mol. The van der Waals surface area contributed by atoms with Crippen molar-refractivity contribution in [2.75, 3.05) is 17.6 Å². The molecular formula is C18H18N8OS. The third-order valence-electron chi connectivity index (χ3n) is 4.02. The third kappa shape index (κ3) is 3.49. The summed E-state index contributed by atoms with van der Waals surface area (Å²) in [5.74, 6) is 0.579. The highest BCUT2D eigenvalue weighted by molar-refractivity contribution is 7.15. The van der Waals surface area contributed by atoms with Gasteiger partial charge in [-0.2, -0.15) is 0 Å². The van der Waals surface area contributed by atoms with Gasteiger partial charge in [0.05, 0.1) is 11.0 Å². The summed E-state index contributed by atoms with van der Waals surface area (Å²) in [6, 6.07) is 3.59. The first-order valence-electron chi connectivity index (χ1n) is 8.63. The van der Waals surface area contributed by atoms with Crippen LogP contribution in [0.15, 0.2) is 30.7 Å². The lowest BCUT2D eigenvalue weighted by Crippen LogP contribution is -2.28. The Morgan fingerprint density at radius 3 is 2.64 bits per heavy atom. The van der Waals surface area contributed by atoms with Gasteiger partial charge in [-0.15, -0.1) is 11.3 Å². The number of anilines is 2. The summed E-state index contributed by atoms with van der Waals surface area (Å²) in [6.45, 7) is 4.38. The summed E-state index contributed by atoms with van der Waals surface area (Å²) in [7, 11) is 0. The minimum Gasteiger partial charge on any atom is -0.368 e. The van der Waals surface area contributed by atoms with Crippen molar-refractivity contribution in [1.29, 1.82) is 0 Å². The van der Waals surface area contributed by atoms with Crippen LogP contribution < -0.4 is 16.4 Å². The van der Waals surface area contributed by atoms with Gasteiger partial charge in [-0.05, 0) is 31.5 Å². The fourth-order valence-electron chi connectivity index (χ4n) is 2.79. The molecule has 0 saturated heterocycles. The second kappa shape index (κ2) is 7.24. The topological polar surface area (TPSA) is 134 Å². The van der Waals surface area contributed by atoms with E-state index in [0.29, 0.717) is 18.0 Å². The molecule has 0 radical (unpaired) electrons. The van der Waals surface area contributed by atoms with Crippen LogP contribution in [0.5, 0.6) is 0 Å². The van der Waals surface area contributed by atoms with Crippen LogP contribution in [0.1, 0.15) is 11.8 Å². The van der Waals surface area contributed by atoms with E-state index in [1.165, 1.54) is 0 Å². The minimum atomic E-state index is -0.319. The standard InChI is InChI=1S/C18H18N8OS/c1-3-20-18(27)26-17-24-13-5-10(11-7-22-16(19)23-8-11)4-12(14(13)25-17)15-21-6-9(2)28-15/h4-8H,3H2,1-2H3,(H2,19,22,23)(H3,20,24,25,26,27). The molecule has 0 unspecified atom stereocenters. The number of urea groups is 1. The molecule has 28 heavy (non-hydrogen) atoms. The van der Waals surface area contributed by atoms with Crippen molar-refractivity contribution in [2.45, 2.75) is 13.8 Å². The zero-order chi connectivity index (χ0) is 19.7. The minimum absolute atomic E-state index is 0.216. The van der Waals surface area contributed by atoms with Crippen LogP contribution in [-0.4, -0.2) is 37.5 Å². The molecule has 4 aromatic rings. The Labute approximate surface area is 164 Å². The molecule has 3 heterocycles. The molecular weight excluding hydrogens is 376 g/mol. The van der Waals surface area contributed by atoms with Crippen LogP contribution in [-0.2, 0) is 0 Å². The van der Waals surface area contributed by atoms with E-state index in [-0.39, 0.29) is 12.0 Å². The summed E-state index contributed by atoms with van der Waals surface area (Å²) >= 11 is 1.58. The summed E-state index contributed by atoms with van der Waals surface area (Å²) < 4.78 is 0. The molecule has 0 spiro atoms. The van der Waals surface area contributed by atoms with Gasteiger partial charge in [0.1, 0.15) is 5.01 Å². The smallest absolute Gasteiger partial charge is 0.321 e. The fraction of sp³-hybridized carbons (Fsp3) is 0.167. The normalized spacial score (nSPS) is 10.9. The molecule has 4 rings (SSSR count). The van der Waals surface area contributed by atoms with Crippen molar-refractivity contribution < 1.29 is 4.79 Å². The van der Waals surface area contributed by atoms with Gasteiger partial charge in [-0.1, -0.05) is 0 Å². The molecule has 0 atom stereocenters. The SMILES string of the molecule is CCNC(=O)Nc1nc2cc(-c3cnc(N)nc3)cc(-c3ncc(C)s3)c2[nH]1. The number of hydrogen-bond acceptors (Lipinski definition) is 7. The van der Waals surface area contributed by atoms with Crippen LogP contribution in [0.4, 0.5) is 16.7 Å². The summed E-state index contributed by atoms with van der Waals surface area (Å²) in [6.07, 6.45) is 5.16. The van der Waals surface area contributed by atoms with Crippen LogP contribution >= 0.6 is 11.3 Å². The monoisotopic (exact) mass is 394 g/mol. The zero-order valence-corrected chi connectivity index (χ0v) is 16.1. The number of aromatic nitrogens is 5. The number of rotatable bonds is 4. The van der Waals surface area contributed by atoms with Crippen molar-refractivity contribution in [2.24, 2.45) is 0 Å². The number of amides is 2. The van der Waals surface area contributed by atoms with Gasteiger partial charge in [0.2, 0.25) is 11.9 Å². The predicted molar refractivity (Wildman–Crippen MR) is 110 cm³/mol. The predicted octanol–water partition coefficient (Wildman–Crippen LogP) is 3.18. The van der Waals surface area contributed by atoms with Crippen LogP contribution in [0.2, 0.25) is 0 Å². The van der Waals surface area contributed by atoms with Crippen LogP contribution in [0, 0.1) is 6.92 Å². The molecule has 0 fully saturated rings. The van der Waals surface area contributed by atoms with Crippen LogP contribution in [0.25, 0.3) is 32.7 Å². The molecule has 142 valence electrons. The lowest BCUT2D eigenvalue weighted by atomic mass is 10.0. The number of nitrogens with zero attached hydrogens (tertiary/aromatic N) is 4. The molecule has 9 nitrogen and oxygen atoms in total. The first kappa shape index (κ1) is 17.9. The quantitative estimate of drug-likeness (QED) is 0.420. The Bertz CT molecular complexity index is 1150. The molecule has 2 amide bonds. The van der Waals surface area contributed by atoms with Gasteiger partial charge in [0, 0.05) is 41.1 Å². The summed E-state index contributed by atoms with van der Waals surface area (Å²) in [5, 5.41) is 6.25. The number of benzene rings is 1. The Morgan fingerprint density at radius 1 is 1.18 bits per heavy atom. The Kier molecular flexibility index (Phi) is 4.62. The molecule has 0 aliphatic heterocycles. The first-order chi connectivity index (χ1) is 13.5. The van der Waals surface area contributed by atoms with Gasteiger partial charge < -0.3 is 16.0 Å². The molecule has 1 aromatic carbocycles. The van der Waals surface area contributed by atoms with E-state index in [1.807, 2.05) is 32.2 Å². The van der Waals surface area contributed by atoms with Gasteiger partial charge >= 0.3 is 6.03 Å². The van der Waals surface area contributed by atoms with E-state index < -0.39 is 0 Å². The maximum atomic E-state index is 11.8. The molecule has 3 aromatic heterocycles. The number of aryl methyl sites for hydroxylation is 1. The number of H-pyrrole nitrogens is 1. The first-order valence-corrected chi connectivity index (χ1v) is 9.44. The maximum absolute atomic E-state index is 11.8. The fourth-order valence-corrected chi connectivity index (χ4v) is 3.57. The Morgan fingerprint density at radius 2 is 1.96 bits per heavy atom. The highest BCUT2D eigenvalue weighted by atomic mass is 32.1. The molecule has 0 saturated carbocycles. The number of carbonyl (C=O) groups excluding carboxylic acids is 1. The van der Waals surface area contributed by atoms with Crippen molar-refractivity contribution in [3.05, 3.63) is 35.6 Å². The second-order valence-corrected chi connectivity index (χ2v) is 7.33. The summed E-state index contributed by atoms with van der Waals surface area (Å²) in [5.41, 5.74) is 9.67. The van der Waals surface area contributed by atoms with Gasteiger partial charge in [0.25, 0.3) is 0 Å². The number of fused-ring (bicyclic) bond motifs is 1. The lowest BCUT2D eigenvalue weighted by molar-refractivity contribution is 0.252. The Balaban J connectivity index is 1.85. The van der Waals surface area contributed by atoms with Crippen molar-refractivity contribution in [1.82, 2.24) is 30.2 Å². The van der Waals surface area contributed by atoms with Gasteiger partial charge in [0.15, 0.2) is 0 Å². The number of hydrogen-bond donors (Lipinski definition) is 4. The van der Waals surface area contributed by atoms with Crippen molar-refractivity contribution >= 4 is 40.3 Å². The molecule has 10 heteroatoms. The number of thiazole rings is 1. The number of nitrogen functional groups attached to an aromatic ring is 1. The number of aromatic amines is 1. The van der Waals surface area contributed by atoms with E-state index in [4.69, 9.17) is 5.73 Å². The van der Waals surface area contributed by atoms with E-state index in [2.05, 4.69) is 35.6 Å². The van der Waals surface area contributed by atoms with E-state index in [1.54, 1.807) is 23.7 Å². The lowest BCUT2D eigenvalue weighted by Gasteiger charge is -2.05. The third-order valence-corrected chi connectivity index (χ3v) is 4.97. The molecule has 0 aliphatic rings. The number of carbonyl (C=O) groups is 1.